The molecule has 1 aromatic heterocycles. The van der Waals surface area contributed by atoms with Gasteiger partial charge in [-0.1, -0.05) is 53.7 Å². The Morgan fingerprint density at radius 1 is 1.16 bits per heavy atom. The average Bonchev–Trinajstić information content (AvgIpc) is 2.78. The van der Waals surface area contributed by atoms with Crippen molar-refractivity contribution in [3.63, 3.8) is 0 Å². The second-order valence-electron chi connectivity index (χ2n) is 7.13. The molecular weight excluding hydrogens is 434 g/mol. The van der Waals surface area contributed by atoms with Gasteiger partial charge in [-0.05, 0) is 30.2 Å². The van der Waals surface area contributed by atoms with E-state index in [0.29, 0.717) is 59.2 Å². The number of nitrogen functional groups attached to an aromatic ring is 1. The highest BCUT2D eigenvalue weighted by molar-refractivity contribution is 7.98. The van der Waals surface area contributed by atoms with Crippen LogP contribution in [0.2, 0.25) is 5.02 Å². The summed E-state index contributed by atoms with van der Waals surface area (Å²) in [7, 11) is 0. The van der Waals surface area contributed by atoms with Crippen LogP contribution in [0.3, 0.4) is 0 Å². The number of hydrogen-bond donors (Lipinski definition) is 1. The molecule has 1 amide bonds. The number of morpholine rings is 1. The molecule has 1 aliphatic rings. The van der Waals surface area contributed by atoms with E-state index in [1.807, 2.05) is 37.3 Å². The van der Waals surface area contributed by atoms with Crippen molar-refractivity contribution in [2.24, 2.45) is 0 Å². The van der Waals surface area contributed by atoms with Crippen LogP contribution in [-0.2, 0) is 10.5 Å². The third kappa shape index (κ3) is 5.15. The van der Waals surface area contributed by atoms with Gasteiger partial charge in [-0.2, -0.15) is 9.97 Å². The Hall–Kier alpha value is -2.68. The van der Waals surface area contributed by atoms with Gasteiger partial charge in [0, 0.05) is 30.0 Å². The lowest BCUT2D eigenvalue weighted by molar-refractivity contribution is 0.0302. The van der Waals surface area contributed by atoms with E-state index in [0.717, 1.165) is 11.1 Å². The number of anilines is 1. The van der Waals surface area contributed by atoms with Gasteiger partial charge >= 0.3 is 0 Å². The molecule has 0 saturated carbocycles. The van der Waals surface area contributed by atoms with E-state index in [4.69, 9.17) is 22.1 Å². The van der Waals surface area contributed by atoms with E-state index in [9.17, 15) is 4.79 Å². The fraction of sp³-hybridized carbons (Fsp3) is 0.273. The van der Waals surface area contributed by atoms with E-state index in [2.05, 4.69) is 15.0 Å². The van der Waals surface area contributed by atoms with Crippen LogP contribution in [0.4, 0.5) is 5.95 Å². The molecule has 3 aromatic rings. The number of aromatic nitrogens is 3. The summed E-state index contributed by atoms with van der Waals surface area (Å²) in [5, 5.41) is 0.963. The quantitative estimate of drug-likeness (QED) is 0.584. The number of amides is 1. The van der Waals surface area contributed by atoms with Crippen molar-refractivity contribution < 1.29 is 9.53 Å². The first-order valence-corrected chi connectivity index (χ1v) is 11.2. The Kier molecular flexibility index (Phi) is 6.70. The molecular formula is C22H22ClN5O2S. The van der Waals surface area contributed by atoms with E-state index >= 15 is 0 Å². The van der Waals surface area contributed by atoms with Crippen molar-refractivity contribution in [1.82, 2.24) is 19.9 Å². The van der Waals surface area contributed by atoms with Crippen LogP contribution in [0.5, 0.6) is 0 Å². The smallest absolute Gasteiger partial charge is 0.254 e. The third-order valence-electron chi connectivity index (χ3n) is 4.93. The van der Waals surface area contributed by atoms with Crippen LogP contribution in [0.1, 0.15) is 21.5 Å². The highest BCUT2D eigenvalue weighted by Gasteiger charge is 2.22. The molecule has 0 atom stereocenters. The normalized spacial score (nSPS) is 13.9. The minimum Gasteiger partial charge on any atom is -0.378 e. The molecule has 0 bridgehead atoms. The fourth-order valence-corrected chi connectivity index (χ4v) is 4.39. The van der Waals surface area contributed by atoms with Crippen LogP contribution < -0.4 is 5.73 Å². The average molecular weight is 456 g/mol. The minimum atomic E-state index is -0.0561. The number of halogens is 1. The van der Waals surface area contributed by atoms with Crippen LogP contribution in [0.25, 0.3) is 11.4 Å². The maximum Gasteiger partial charge on any atom is 0.254 e. The first-order valence-electron chi connectivity index (χ1n) is 9.87. The molecule has 1 saturated heterocycles. The van der Waals surface area contributed by atoms with E-state index < -0.39 is 0 Å². The lowest BCUT2D eigenvalue weighted by Crippen LogP contribution is -2.41. The fourth-order valence-electron chi connectivity index (χ4n) is 3.29. The lowest BCUT2D eigenvalue weighted by Gasteiger charge is -2.27. The Morgan fingerprint density at radius 2 is 1.90 bits per heavy atom. The number of ether oxygens (including phenoxy) is 1. The number of thioether (sulfide) groups is 1. The standard InChI is InChI=1S/C22H22ClN5O2S/c1-14-11-18(23)17(12-16(14)20(29)28-7-9-30-10-8-28)19-25-21(24)27-22(26-19)31-13-15-5-3-2-4-6-15/h2-6,11-12H,7-10,13H2,1H3,(H2,24,25,26,27). The molecule has 0 aliphatic carbocycles. The molecule has 4 rings (SSSR count). The summed E-state index contributed by atoms with van der Waals surface area (Å²) in [6.45, 7) is 4.07. The topological polar surface area (TPSA) is 94.2 Å². The number of aryl methyl sites for hydroxylation is 1. The van der Waals surface area contributed by atoms with Crippen molar-refractivity contribution in [1.29, 1.82) is 0 Å². The molecule has 0 radical (unpaired) electrons. The van der Waals surface area contributed by atoms with Gasteiger partial charge in [-0.3, -0.25) is 4.79 Å². The van der Waals surface area contributed by atoms with Crippen LogP contribution in [-0.4, -0.2) is 52.1 Å². The van der Waals surface area contributed by atoms with Gasteiger partial charge in [-0.15, -0.1) is 0 Å². The molecule has 2 aromatic carbocycles. The molecule has 0 spiro atoms. The summed E-state index contributed by atoms with van der Waals surface area (Å²) >= 11 is 7.98. The maximum absolute atomic E-state index is 13.1. The van der Waals surface area contributed by atoms with E-state index in [-0.39, 0.29) is 11.9 Å². The Balaban J connectivity index is 1.63. The summed E-state index contributed by atoms with van der Waals surface area (Å²) in [6, 6.07) is 13.5. The number of carbonyl (C=O) groups is 1. The summed E-state index contributed by atoms with van der Waals surface area (Å²) in [5.41, 5.74) is 9.03. The van der Waals surface area contributed by atoms with Crippen LogP contribution in [0, 0.1) is 6.92 Å². The summed E-state index contributed by atoms with van der Waals surface area (Å²) in [6.07, 6.45) is 0. The van der Waals surface area contributed by atoms with Crippen molar-refractivity contribution in [3.8, 4) is 11.4 Å². The van der Waals surface area contributed by atoms with E-state index in [1.165, 1.54) is 11.8 Å². The van der Waals surface area contributed by atoms with Gasteiger partial charge in [0.2, 0.25) is 5.95 Å². The molecule has 2 heterocycles. The summed E-state index contributed by atoms with van der Waals surface area (Å²) in [4.78, 5) is 27.9. The SMILES string of the molecule is Cc1cc(Cl)c(-c2nc(N)nc(SCc3ccccc3)n2)cc1C(=O)N1CCOCC1. The predicted molar refractivity (Wildman–Crippen MR) is 122 cm³/mol. The van der Waals surface area contributed by atoms with Crippen molar-refractivity contribution in [2.45, 2.75) is 17.8 Å². The number of nitrogens with zero attached hydrogens (tertiary/aromatic N) is 4. The molecule has 2 N–H and O–H groups in total. The first-order chi connectivity index (χ1) is 15.0. The molecule has 31 heavy (non-hydrogen) atoms. The molecule has 0 unspecified atom stereocenters. The van der Waals surface area contributed by atoms with Crippen LogP contribution >= 0.6 is 23.4 Å². The Labute approximate surface area is 190 Å². The minimum absolute atomic E-state index is 0.0561. The Bertz CT molecular complexity index is 1090. The van der Waals surface area contributed by atoms with Crippen molar-refractivity contribution >= 4 is 35.2 Å². The zero-order valence-electron chi connectivity index (χ0n) is 17.0. The molecule has 9 heteroatoms. The summed E-state index contributed by atoms with van der Waals surface area (Å²) < 4.78 is 5.35. The zero-order valence-corrected chi connectivity index (χ0v) is 18.6. The van der Waals surface area contributed by atoms with Gasteiger partial charge in [0.05, 0.1) is 18.2 Å². The second kappa shape index (κ2) is 9.64. The molecule has 1 fully saturated rings. The number of nitrogens with two attached hydrogens (primary N) is 1. The van der Waals surface area contributed by atoms with Gasteiger partial charge in [0.25, 0.3) is 5.91 Å². The van der Waals surface area contributed by atoms with Gasteiger partial charge in [-0.25, -0.2) is 4.98 Å². The largest absolute Gasteiger partial charge is 0.378 e. The number of benzene rings is 2. The van der Waals surface area contributed by atoms with Gasteiger partial charge in [0.1, 0.15) is 0 Å². The Morgan fingerprint density at radius 3 is 2.65 bits per heavy atom. The lowest BCUT2D eigenvalue weighted by atomic mass is 10.0. The molecule has 7 nitrogen and oxygen atoms in total. The summed E-state index contributed by atoms with van der Waals surface area (Å²) in [5.74, 6) is 1.10. The molecule has 1 aliphatic heterocycles. The van der Waals surface area contributed by atoms with Gasteiger partial charge < -0.3 is 15.4 Å². The second-order valence-corrected chi connectivity index (χ2v) is 8.48. The van der Waals surface area contributed by atoms with Gasteiger partial charge in [0.15, 0.2) is 11.0 Å². The maximum atomic E-state index is 13.1. The van der Waals surface area contributed by atoms with Crippen molar-refractivity contribution in [3.05, 3.63) is 64.2 Å². The highest BCUT2D eigenvalue weighted by atomic mass is 35.5. The number of carbonyl (C=O) groups excluding carboxylic acids is 1. The number of hydrogen-bond acceptors (Lipinski definition) is 7. The van der Waals surface area contributed by atoms with Crippen molar-refractivity contribution in [2.75, 3.05) is 32.0 Å². The number of rotatable bonds is 5. The van der Waals surface area contributed by atoms with Crippen LogP contribution in [0.15, 0.2) is 47.6 Å². The predicted octanol–water partition coefficient (Wildman–Crippen LogP) is 3.85. The van der Waals surface area contributed by atoms with E-state index in [1.54, 1.807) is 17.0 Å². The third-order valence-corrected chi connectivity index (χ3v) is 6.16. The first kappa shape index (κ1) is 21.5. The molecule has 160 valence electrons. The monoisotopic (exact) mass is 455 g/mol. The zero-order chi connectivity index (χ0) is 21.8. The highest BCUT2D eigenvalue weighted by Crippen LogP contribution is 2.31.